The second-order valence-corrected chi connectivity index (χ2v) is 4.19. The van der Waals surface area contributed by atoms with Crippen molar-refractivity contribution in [2.24, 2.45) is 0 Å². The molecule has 1 unspecified atom stereocenters. The monoisotopic (exact) mass is 217 g/mol. The number of amides is 1. The van der Waals surface area contributed by atoms with Crippen molar-refractivity contribution < 1.29 is 9.59 Å². The van der Waals surface area contributed by atoms with Crippen molar-refractivity contribution >= 4 is 11.7 Å². The fourth-order valence-electron chi connectivity index (χ4n) is 2.22. The topological polar surface area (TPSA) is 37.4 Å². The van der Waals surface area contributed by atoms with E-state index in [1.807, 2.05) is 24.3 Å². The van der Waals surface area contributed by atoms with Crippen LogP contribution >= 0.6 is 0 Å². The van der Waals surface area contributed by atoms with Gasteiger partial charge in [0.2, 0.25) is 5.91 Å². The molecule has 0 aliphatic heterocycles. The molecule has 1 aromatic carbocycles. The van der Waals surface area contributed by atoms with Gasteiger partial charge in [0.05, 0.1) is 6.04 Å². The van der Waals surface area contributed by atoms with Crippen LogP contribution in [0.4, 0.5) is 0 Å². The molecule has 1 atom stereocenters. The highest BCUT2D eigenvalue weighted by molar-refractivity contribution is 5.98. The Morgan fingerprint density at radius 3 is 2.75 bits per heavy atom. The maximum Gasteiger partial charge on any atom is 0.219 e. The van der Waals surface area contributed by atoms with Crippen LogP contribution in [-0.2, 0) is 4.79 Å². The molecule has 0 bridgehead atoms. The van der Waals surface area contributed by atoms with Gasteiger partial charge in [0, 0.05) is 26.0 Å². The van der Waals surface area contributed by atoms with Gasteiger partial charge in [0.1, 0.15) is 0 Å². The zero-order valence-electron chi connectivity index (χ0n) is 9.56. The molecule has 1 amide bonds. The molecule has 3 heteroatoms. The molecule has 0 N–H and O–H groups in total. The molecule has 1 aromatic rings. The van der Waals surface area contributed by atoms with Crippen LogP contribution < -0.4 is 0 Å². The Balaban J connectivity index is 2.42. The molecular weight excluding hydrogens is 202 g/mol. The standard InChI is InChI=1S/C13H15NO2/c1-9(15)14(2)12-7-8-13(16)11-6-4-3-5-10(11)12/h3-6,12H,7-8H2,1-2H3. The Morgan fingerprint density at radius 2 is 2.06 bits per heavy atom. The number of Topliss-reactive ketones (excluding diaryl/α,β-unsaturated/α-hetero) is 1. The van der Waals surface area contributed by atoms with Crippen LogP contribution in [0.1, 0.15) is 41.7 Å². The van der Waals surface area contributed by atoms with Gasteiger partial charge in [-0.3, -0.25) is 9.59 Å². The van der Waals surface area contributed by atoms with E-state index in [9.17, 15) is 9.59 Å². The lowest BCUT2D eigenvalue weighted by Gasteiger charge is -2.31. The van der Waals surface area contributed by atoms with Crippen LogP contribution in [0.15, 0.2) is 24.3 Å². The zero-order valence-corrected chi connectivity index (χ0v) is 9.56. The molecular formula is C13H15NO2. The lowest BCUT2D eigenvalue weighted by atomic mass is 9.86. The molecule has 0 saturated heterocycles. The first-order chi connectivity index (χ1) is 7.61. The molecule has 1 aliphatic carbocycles. The summed E-state index contributed by atoms with van der Waals surface area (Å²) < 4.78 is 0. The van der Waals surface area contributed by atoms with Crippen LogP contribution in [0.2, 0.25) is 0 Å². The van der Waals surface area contributed by atoms with Crippen molar-refractivity contribution in [3.63, 3.8) is 0 Å². The SMILES string of the molecule is CC(=O)N(C)C1CCC(=O)c2ccccc21. The number of carbonyl (C=O) groups excluding carboxylic acids is 2. The van der Waals surface area contributed by atoms with Gasteiger partial charge >= 0.3 is 0 Å². The minimum atomic E-state index is 0.0363. The minimum Gasteiger partial charge on any atom is -0.339 e. The highest BCUT2D eigenvalue weighted by Crippen LogP contribution is 2.33. The summed E-state index contributed by atoms with van der Waals surface area (Å²) in [6.07, 6.45) is 1.26. The Morgan fingerprint density at radius 1 is 1.38 bits per heavy atom. The van der Waals surface area contributed by atoms with Gasteiger partial charge < -0.3 is 4.90 Å². The molecule has 0 saturated carbocycles. The van der Waals surface area contributed by atoms with E-state index in [1.54, 1.807) is 18.9 Å². The van der Waals surface area contributed by atoms with Gasteiger partial charge in [-0.1, -0.05) is 24.3 Å². The number of rotatable bonds is 1. The van der Waals surface area contributed by atoms with E-state index < -0.39 is 0 Å². The van der Waals surface area contributed by atoms with Crippen LogP contribution in [0, 0.1) is 0 Å². The number of nitrogens with zero attached hydrogens (tertiary/aromatic N) is 1. The van der Waals surface area contributed by atoms with Gasteiger partial charge in [-0.25, -0.2) is 0 Å². The van der Waals surface area contributed by atoms with E-state index in [0.29, 0.717) is 6.42 Å². The number of hydrogen-bond acceptors (Lipinski definition) is 2. The fraction of sp³-hybridized carbons (Fsp3) is 0.385. The van der Waals surface area contributed by atoms with Crippen molar-refractivity contribution in [1.29, 1.82) is 0 Å². The molecule has 84 valence electrons. The molecule has 3 nitrogen and oxygen atoms in total. The summed E-state index contributed by atoms with van der Waals surface area (Å²) in [5.41, 5.74) is 1.75. The smallest absolute Gasteiger partial charge is 0.219 e. The van der Waals surface area contributed by atoms with E-state index in [0.717, 1.165) is 17.5 Å². The van der Waals surface area contributed by atoms with Gasteiger partial charge in [0.25, 0.3) is 0 Å². The number of hydrogen-bond donors (Lipinski definition) is 0. The van der Waals surface area contributed by atoms with Crippen molar-refractivity contribution in [2.75, 3.05) is 7.05 Å². The van der Waals surface area contributed by atoms with E-state index in [2.05, 4.69) is 0 Å². The van der Waals surface area contributed by atoms with Crippen LogP contribution in [0.3, 0.4) is 0 Å². The summed E-state index contributed by atoms with van der Waals surface area (Å²) in [6.45, 7) is 1.55. The minimum absolute atomic E-state index is 0.0363. The Kier molecular flexibility index (Phi) is 2.77. The lowest BCUT2D eigenvalue weighted by Crippen LogP contribution is -2.32. The van der Waals surface area contributed by atoms with Gasteiger partial charge in [-0.05, 0) is 12.0 Å². The third-order valence-electron chi connectivity index (χ3n) is 3.23. The molecule has 2 rings (SSSR count). The summed E-state index contributed by atoms with van der Waals surface area (Å²) in [5.74, 6) is 0.220. The predicted molar refractivity (Wildman–Crippen MR) is 61.2 cm³/mol. The molecule has 0 radical (unpaired) electrons. The third kappa shape index (κ3) is 1.73. The first-order valence-corrected chi connectivity index (χ1v) is 5.47. The van der Waals surface area contributed by atoms with Gasteiger partial charge in [-0.15, -0.1) is 0 Å². The van der Waals surface area contributed by atoms with Crippen LogP contribution in [0.25, 0.3) is 0 Å². The maximum absolute atomic E-state index is 11.7. The highest BCUT2D eigenvalue weighted by atomic mass is 16.2. The van der Waals surface area contributed by atoms with Crippen LogP contribution in [0.5, 0.6) is 0 Å². The zero-order chi connectivity index (χ0) is 11.7. The number of carbonyl (C=O) groups is 2. The summed E-state index contributed by atoms with van der Waals surface area (Å²) in [5, 5.41) is 0. The first kappa shape index (κ1) is 10.9. The van der Waals surface area contributed by atoms with Crippen molar-refractivity contribution in [2.45, 2.75) is 25.8 Å². The Labute approximate surface area is 95.1 Å². The summed E-state index contributed by atoms with van der Waals surface area (Å²) in [7, 11) is 1.79. The fourth-order valence-corrected chi connectivity index (χ4v) is 2.22. The average Bonchev–Trinajstić information content (AvgIpc) is 2.29. The van der Waals surface area contributed by atoms with E-state index in [1.165, 1.54) is 0 Å². The predicted octanol–water partition coefficient (Wildman–Crippen LogP) is 2.18. The second kappa shape index (κ2) is 4.08. The number of ketones is 1. The number of benzene rings is 1. The second-order valence-electron chi connectivity index (χ2n) is 4.19. The van der Waals surface area contributed by atoms with E-state index in [4.69, 9.17) is 0 Å². The molecule has 0 spiro atoms. The van der Waals surface area contributed by atoms with E-state index in [-0.39, 0.29) is 17.7 Å². The lowest BCUT2D eigenvalue weighted by molar-refractivity contribution is -0.129. The quantitative estimate of drug-likeness (QED) is 0.723. The van der Waals surface area contributed by atoms with Crippen LogP contribution in [-0.4, -0.2) is 23.6 Å². The first-order valence-electron chi connectivity index (χ1n) is 5.47. The summed E-state index contributed by atoms with van der Waals surface area (Å²) >= 11 is 0. The maximum atomic E-state index is 11.7. The summed E-state index contributed by atoms with van der Waals surface area (Å²) in [6, 6.07) is 7.62. The molecule has 0 fully saturated rings. The number of fused-ring (bicyclic) bond motifs is 1. The molecule has 1 aliphatic rings. The third-order valence-corrected chi connectivity index (χ3v) is 3.23. The molecule has 16 heavy (non-hydrogen) atoms. The van der Waals surface area contributed by atoms with Gasteiger partial charge in [0.15, 0.2) is 5.78 Å². The largest absolute Gasteiger partial charge is 0.339 e. The Hall–Kier alpha value is -1.64. The van der Waals surface area contributed by atoms with Gasteiger partial charge in [-0.2, -0.15) is 0 Å². The molecule has 0 aromatic heterocycles. The average molecular weight is 217 g/mol. The normalized spacial score (nSPS) is 19.1. The van der Waals surface area contributed by atoms with Crippen molar-refractivity contribution in [3.05, 3.63) is 35.4 Å². The summed E-state index contributed by atoms with van der Waals surface area (Å²) in [4.78, 5) is 24.8. The molecule has 0 heterocycles. The van der Waals surface area contributed by atoms with Crippen molar-refractivity contribution in [3.8, 4) is 0 Å². The Bertz CT molecular complexity index is 439. The highest BCUT2D eigenvalue weighted by Gasteiger charge is 2.28. The van der Waals surface area contributed by atoms with E-state index >= 15 is 0 Å². The van der Waals surface area contributed by atoms with Crippen molar-refractivity contribution in [1.82, 2.24) is 4.90 Å².